The summed E-state index contributed by atoms with van der Waals surface area (Å²) in [6.45, 7) is 5.28. The van der Waals surface area contributed by atoms with E-state index in [2.05, 4.69) is 22.4 Å². The van der Waals surface area contributed by atoms with Gasteiger partial charge in [-0.1, -0.05) is 19.8 Å². The van der Waals surface area contributed by atoms with Gasteiger partial charge in [-0.15, -0.1) is 0 Å². The lowest BCUT2D eigenvalue weighted by Crippen LogP contribution is -2.35. The van der Waals surface area contributed by atoms with Gasteiger partial charge in [-0.2, -0.15) is 0 Å². The molecule has 0 amide bonds. The number of unbranched alkanes of at least 4 members (excludes halogenated alkanes) is 2. The van der Waals surface area contributed by atoms with Gasteiger partial charge in [0.1, 0.15) is 0 Å². The number of nitrogens with zero attached hydrogens (tertiary/aromatic N) is 2. The molecule has 0 saturated carbocycles. The second-order valence-electron chi connectivity index (χ2n) is 2.83. The fourth-order valence-electron chi connectivity index (χ4n) is 1.10. The topological polar surface area (TPSA) is 27.6 Å². The second-order valence-corrected chi connectivity index (χ2v) is 2.83. The summed E-state index contributed by atoms with van der Waals surface area (Å²) in [6.07, 6.45) is 5.75. The van der Waals surface area contributed by atoms with E-state index >= 15 is 0 Å². The van der Waals surface area contributed by atoms with Gasteiger partial charge < -0.3 is 0 Å². The molecule has 11 heavy (non-hydrogen) atoms. The monoisotopic (exact) mass is 155 g/mol. The fourth-order valence-corrected chi connectivity index (χ4v) is 1.10. The van der Waals surface area contributed by atoms with Crippen molar-refractivity contribution >= 4 is 6.34 Å². The van der Waals surface area contributed by atoms with Crippen molar-refractivity contribution in [3.8, 4) is 0 Å². The molecule has 64 valence electrons. The first-order chi connectivity index (χ1) is 5.43. The van der Waals surface area contributed by atoms with E-state index in [-0.39, 0.29) is 0 Å². The fraction of sp³-hybridized carbons (Fsp3) is 0.875. The van der Waals surface area contributed by atoms with Crippen molar-refractivity contribution in [3.05, 3.63) is 0 Å². The van der Waals surface area contributed by atoms with Crippen LogP contribution in [0, 0.1) is 0 Å². The largest absolute Gasteiger partial charge is 0.297 e. The van der Waals surface area contributed by atoms with Gasteiger partial charge in [0.2, 0.25) is 0 Å². The summed E-state index contributed by atoms with van der Waals surface area (Å²) in [5.41, 5.74) is 3.30. The standard InChI is InChI=1S/C8H17N3/c1-2-3-4-5-10-11-7-6-9-8-11/h8,10H,2-7H2,1H3. The van der Waals surface area contributed by atoms with Crippen LogP contribution in [0.4, 0.5) is 0 Å². The molecular formula is C8H17N3. The Balaban J connectivity index is 1.90. The summed E-state index contributed by atoms with van der Waals surface area (Å²) in [4.78, 5) is 4.10. The molecule has 0 radical (unpaired) electrons. The minimum atomic E-state index is 0.945. The van der Waals surface area contributed by atoms with Gasteiger partial charge in [0, 0.05) is 6.54 Å². The predicted molar refractivity (Wildman–Crippen MR) is 47.6 cm³/mol. The molecule has 1 rings (SSSR count). The highest BCUT2D eigenvalue weighted by molar-refractivity contribution is 5.56. The Morgan fingerprint density at radius 3 is 3.09 bits per heavy atom. The third-order valence-electron chi connectivity index (χ3n) is 1.79. The normalized spacial score (nSPS) is 16.3. The molecule has 1 N–H and O–H groups in total. The molecule has 0 aliphatic carbocycles. The first-order valence-electron chi connectivity index (χ1n) is 4.43. The van der Waals surface area contributed by atoms with Crippen LogP contribution in [0.2, 0.25) is 0 Å². The van der Waals surface area contributed by atoms with Gasteiger partial charge in [0.25, 0.3) is 0 Å². The number of aliphatic imine (C=N–C) groups is 1. The molecule has 1 aliphatic rings. The minimum absolute atomic E-state index is 0.945. The van der Waals surface area contributed by atoms with Crippen molar-refractivity contribution in [1.82, 2.24) is 10.4 Å². The molecule has 0 bridgehead atoms. The van der Waals surface area contributed by atoms with Crippen LogP contribution in [0.5, 0.6) is 0 Å². The maximum absolute atomic E-state index is 4.10. The number of hydrazine groups is 1. The summed E-state index contributed by atoms with van der Waals surface area (Å²) in [6, 6.07) is 0. The molecule has 0 unspecified atom stereocenters. The Labute approximate surface area is 68.5 Å². The highest BCUT2D eigenvalue weighted by atomic mass is 15.5. The van der Waals surface area contributed by atoms with Crippen molar-refractivity contribution in [2.45, 2.75) is 26.2 Å². The van der Waals surface area contributed by atoms with Crippen LogP contribution in [0.25, 0.3) is 0 Å². The molecule has 0 fully saturated rings. The lowest BCUT2D eigenvalue weighted by atomic mass is 10.2. The van der Waals surface area contributed by atoms with Crippen LogP contribution in [-0.4, -0.2) is 31.0 Å². The Morgan fingerprint density at radius 1 is 1.55 bits per heavy atom. The lowest BCUT2D eigenvalue weighted by Gasteiger charge is -2.14. The smallest absolute Gasteiger partial charge is 0.0993 e. The molecule has 0 saturated heterocycles. The summed E-state index contributed by atoms with van der Waals surface area (Å²) in [5, 5.41) is 2.07. The van der Waals surface area contributed by atoms with Gasteiger partial charge in [-0.05, 0) is 6.42 Å². The molecule has 0 aromatic rings. The number of nitrogens with one attached hydrogen (secondary N) is 1. The highest BCUT2D eigenvalue weighted by Gasteiger charge is 2.02. The van der Waals surface area contributed by atoms with Crippen LogP contribution in [0.1, 0.15) is 26.2 Å². The van der Waals surface area contributed by atoms with Gasteiger partial charge in [0.05, 0.1) is 19.4 Å². The second kappa shape index (κ2) is 5.13. The van der Waals surface area contributed by atoms with Crippen LogP contribution in [0.3, 0.4) is 0 Å². The zero-order chi connectivity index (χ0) is 7.94. The summed E-state index contributed by atoms with van der Waals surface area (Å²) < 4.78 is 0. The highest BCUT2D eigenvalue weighted by Crippen LogP contribution is 1.93. The van der Waals surface area contributed by atoms with E-state index in [0.717, 1.165) is 19.6 Å². The average Bonchev–Trinajstić information content (AvgIpc) is 2.50. The molecule has 0 atom stereocenters. The van der Waals surface area contributed by atoms with Crippen molar-refractivity contribution < 1.29 is 0 Å². The molecule has 1 heterocycles. The molecule has 3 heteroatoms. The number of rotatable bonds is 5. The van der Waals surface area contributed by atoms with E-state index in [1.807, 2.05) is 6.34 Å². The van der Waals surface area contributed by atoms with E-state index < -0.39 is 0 Å². The van der Waals surface area contributed by atoms with Crippen LogP contribution in [0.15, 0.2) is 4.99 Å². The molecule has 0 aromatic carbocycles. The Hall–Kier alpha value is -0.570. The summed E-state index contributed by atoms with van der Waals surface area (Å²) in [5.74, 6) is 0. The number of hydrogen-bond donors (Lipinski definition) is 1. The molecule has 1 aliphatic heterocycles. The molecule has 0 aromatic heterocycles. The Kier molecular flexibility index (Phi) is 3.98. The maximum Gasteiger partial charge on any atom is 0.0993 e. The third-order valence-corrected chi connectivity index (χ3v) is 1.79. The quantitative estimate of drug-likeness (QED) is 0.600. The maximum atomic E-state index is 4.10. The SMILES string of the molecule is CCCCCNN1C=NCC1. The Morgan fingerprint density at radius 2 is 2.45 bits per heavy atom. The van der Waals surface area contributed by atoms with Gasteiger partial charge in [-0.3, -0.25) is 10.0 Å². The van der Waals surface area contributed by atoms with Crippen LogP contribution >= 0.6 is 0 Å². The van der Waals surface area contributed by atoms with Gasteiger partial charge in [0.15, 0.2) is 0 Å². The van der Waals surface area contributed by atoms with Crippen LogP contribution in [-0.2, 0) is 0 Å². The Bertz CT molecular complexity index is 123. The first kappa shape index (κ1) is 8.53. The zero-order valence-electron chi connectivity index (χ0n) is 7.21. The van der Waals surface area contributed by atoms with Crippen molar-refractivity contribution in [2.24, 2.45) is 4.99 Å². The predicted octanol–water partition coefficient (Wildman–Crippen LogP) is 1.03. The third kappa shape index (κ3) is 3.37. The zero-order valence-corrected chi connectivity index (χ0v) is 7.21. The molecule has 3 nitrogen and oxygen atoms in total. The lowest BCUT2D eigenvalue weighted by molar-refractivity contribution is 0.337. The van der Waals surface area contributed by atoms with E-state index in [9.17, 15) is 0 Å². The average molecular weight is 155 g/mol. The number of hydrogen-bond acceptors (Lipinski definition) is 3. The summed E-state index contributed by atoms with van der Waals surface area (Å²) >= 11 is 0. The van der Waals surface area contributed by atoms with Crippen molar-refractivity contribution in [2.75, 3.05) is 19.6 Å². The first-order valence-corrected chi connectivity index (χ1v) is 4.43. The van der Waals surface area contributed by atoms with Crippen LogP contribution < -0.4 is 5.43 Å². The molecule has 0 spiro atoms. The van der Waals surface area contributed by atoms with Crippen molar-refractivity contribution in [3.63, 3.8) is 0 Å². The van der Waals surface area contributed by atoms with Crippen molar-refractivity contribution in [1.29, 1.82) is 0 Å². The van der Waals surface area contributed by atoms with Gasteiger partial charge in [-0.25, -0.2) is 5.43 Å². The summed E-state index contributed by atoms with van der Waals surface area (Å²) in [7, 11) is 0. The van der Waals surface area contributed by atoms with E-state index in [1.54, 1.807) is 0 Å². The van der Waals surface area contributed by atoms with E-state index in [1.165, 1.54) is 19.3 Å². The van der Waals surface area contributed by atoms with E-state index in [4.69, 9.17) is 0 Å². The minimum Gasteiger partial charge on any atom is -0.297 e. The molecular weight excluding hydrogens is 138 g/mol. The van der Waals surface area contributed by atoms with E-state index in [0.29, 0.717) is 0 Å². The van der Waals surface area contributed by atoms with Gasteiger partial charge >= 0.3 is 0 Å².